The number of halogens is 1. The molecule has 0 unspecified atom stereocenters. The first-order valence-electron chi connectivity index (χ1n) is 4.74. The molecule has 1 aromatic heterocycles. The Morgan fingerprint density at radius 1 is 1.31 bits per heavy atom. The lowest BCUT2D eigenvalue weighted by molar-refractivity contribution is 0.975. The first-order valence-corrected chi connectivity index (χ1v) is 5.12. The molecule has 0 fully saturated rings. The molecule has 0 saturated heterocycles. The predicted molar refractivity (Wildman–Crippen MR) is 66.9 cm³/mol. The number of hydrazone groups is 1. The molecule has 0 radical (unpaired) electrons. The van der Waals surface area contributed by atoms with Crippen molar-refractivity contribution in [2.75, 3.05) is 0 Å². The summed E-state index contributed by atoms with van der Waals surface area (Å²) < 4.78 is 0. The van der Waals surface area contributed by atoms with Gasteiger partial charge in [0, 0.05) is 29.2 Å². The maximum atomic E-state index is 6.06. The lowest BCUT2D eigenvalue weighted by Gasteiger charge is -2.10. The molecule has 4 heteroatoms. The smallest absolute Gasteiger partial charge is 0.0723 e. The summed E-state index contributed by atoms with van der Waals surface area (Å²) in [7, 11) is 0. The van der Waals surface area contributed by atoms with Crippen LogP contribution >= 0.6 is 11.6 Å². The molecule has 2 heterocycles. The Morgan fingerprint density at radius 3 is 2.94 bits per heavy atom. The van der Waals surface area contributed by atoms with Gasteiger partial charge in [-0.25, -0.2) is 0 Å². The fourth-order valence-electron chi connectivity index (χ4n) is 1.31. The minimum atomic E-state index is 0.558. The molecule has 0 spiro atoms. The number of allylic oxidation sites excluding steroid dienone is 4. The SMILES string of the molecule is C=C1C(c2ccccn2)=CN/N=C\C=C/1Cl. The van der Waals surface area contributed by atoms with Crippen LogP contribution in [0.25, 0.3) is 5.57 Å². The quantitative estimate of drug-likeness (QED) is 0.807. The van der Waals surface area contributed by atoms with Crippen molar-refractivity contribution in [1.29, 1.82) is 0 Å². The van der Waals surface area contributed by atoms with Crippen molar-refractivity contribution in [2.45, 2.75) is 0 Å². The highest BCUT2D eigenvalue weighted by Crippen LogP contribution is 2.27. The number of pyridine rings is 1. The molecule has 1 aromatic rings. The summed E-state index contributed by atoms with van der Waals surface area (Å²) in [6.45, 7) is 3.94. The van der Waals surface area contributed by atoms with Crippen LogP contribution in [0.3, 0.4) is 0 Å². The summed E-state index contributed by atoms with van der Waals surface area (Å²) in [5.41, 5.74) is 5.15. The van der Waals surface area contributed by atoms with Crippen molar-refractivity contribution in [2.24, 2.45) is 5.10 Å². The van der Waals surface area contributed by atoms with Crippen molar-refractivity contribution in [3.05, 3.63) is 59.6 Å². The summed E-state index contributed by atoms with van der Waals surface area (Å²) in [4.78, 5) is 4.25. The number of hydrogen-bond donors (Lipinski definition) is 1. The third kappa shape index (κ3) is 2.20. The minimum absolute atomic E-state index is 0.558. The zero-order valence-corrected chi connectivity index (χ0v) is 9.28. The topological polar surface area (TPSA) is 37.3 Å². The Morgan fingerprint density at radius 2 is 2.19 bits per heavy atom. The lowest BCUT2D eigenvalue weighted by Crippen LogP contribution is -2.02. The summed E-state index contributed by atoms with van der Waals surface area (Å²) in [6, 6.07) is 5.67. The normalized spacial score (nSPS) is 20.9. The van der Waals surface area contributed by atoms with Gasteiger partial charge in [0.2, 0.25) is 0 Å². The van der Waals surface area contributed by atoms with Crippen LogP contribution in [0.5, 0.6) is 0 Å². The summed E-state index contributed by atoms with van der Waals surface area (Å²) in [5, 5.41) is 4.47. The first kappa shape index (κ1) is 10.6. The number of nitrogens with zero attached hydrogens (tertiary/aromatic N) is 2. The van der Waals surface area contributed by atoms with Crippen LogP contribution in [-0.2, 0) is 0 Å². The molecule has 1 aliphatic rings. The van der Waals surface area contributed by atoms with Gasteiger partial charge in [-0.1, -0.05) is 24.2 Å². The zero-order valence-electron chi connectivity index (χ0n) is 8.52. The Bertz CT molecular complexity index is 486. The molecule has 0 atom stereocenters. The molecule has 0 aliphatic carbocycles. The Hall–Kier alpha value is -1.87. The van der Waals surface area contributed by atoms with E-state index in [0.29, 0.717) is 5.03 Å². The molecule has 16 heavy (non-hydrogen) atoms. The largest absolute Gasteiger partial charge is 0.285 e. The zero-order chi connectivity index (χ0) is 11.4. The van der Waals surface area contributed by atoms with Crippen molar-refractivity contribution < 1.29 is 0 Å². The number of hydrogen-bond acceptors (Lipinski definition) is 3. The second-order valence-electron chi connectivity index (χ2n) is 3.17. The Labute approximate surface area is 98.8 Å². The minimum Gasteiger partial charge on any atom is -0.285 e. The van der Waals surface area contributed by atoms with E-state index in [-0.39, 0.29) is 0 Å². The lowest BCUT2D eigenvalue weighted by atomic mass is 10.0. The fourth-order valence-corrected chi connectivity index (χ4v) is 1.47. The van der Waals surface area contributed by atoms with Crippen LogP contribution in [0.4, 0.5) is 0 Å². The monoisotopic (exact) mass is 231 g/mol. The average Bonchev–Trinajstić information content (AvgIpc) is 2.32. The van der Waals surface area contributed by atoms with Gasteiger partial charge in [0.1, 0.15) is 0 Å². The van der Waals surface area contributed by atoms with E-state index in [1.54, 1.807) is 24.7 Å². The van der Waals surface area contributed by atoms with Gasteiger partial charge >= 0.3 is 0 Å². The maximum absolute atomic E-state index is 6.06. The van der Waals surface area contributed by atoms with E-state index in [4.69, 9.17) is 11.6 Å². The second-order valence-corrected chi connectivity index (χ2v) is 3.58. The molecular weight excluding hydrogens is 222 g/mol. The van der Waals surface area contributed by atoms with Crippen LogP contribution in [0.1, 0.15) is 5.69 Å². The summed E-state index contributed by atoms with van der Waals surface area (Å²) in [6.07, 6.45) is 6.73. The highest BCUT2D eigenvalue weighted by Gasteiger charge is 2.10. The summed E-state index contributed by atoms with van der Waals surface area (Å²) >= 11 is 6.06. The van der Waals surface area contributed by atoms with Crippen LogP contribution in [0, 0.1) is 0 Å². The van der Waals surface area contributed by atoms with Crippen molar-refractivity contribution >= 4 is 23.4 Å². The molecule has 0 aromatic carbocycles. The molecule has 0 saturated carbocycles. The van der Waals surface area contributed by atoms with Crippen LogP contribution < -0.4 is 5.43 Å². The van der Waals surface area contributed by atoms with E-state index < -0.39 is 0 Å². The highest BCUT2D eigenvalue weighted by atomic mass is 35.5. The molecule has 0 amide bonds. The third-order valence-corrected chi connectivity index (χ3v) is 2.49. The van der Waals surface area contributed by atoms with Gasteiger partial charge in [0.15, 0.2) is 0 Å². The molecule has 1 N–H and O–H groups in total. The van der Waals surface area contributed by atoms with Crippen LogP contribution in [0.15, 0.2) is 59.0 Å². The number of aromatic nitrogens is 1. The molecule has 1 aliphatic heterocycles. The van der Waals surface area contributed by atoms with Gasteiger partial charge < -0.3 is 0 Å². The molecule has 80 valence electrons. The summed E-state index contributed by atoms with van der Waals surface area (Å²) in [5.74, 6) is 0. The molecule has 0 bridgehead atoms. The molecule has 2 rings (SSSR count). The number of rotatable bonds is 1. The van der Waals surface area contributed by atoms with Gasteiger partial charge in [0.25, 0.3) is 0 Å². The van der Waals surface area contributed by atoms with Crippen molar-refractivity contribution in [3.8, 4) is 0 Å². The van der Waals surface area contributed by atoms with Gasteiger partial charge in [-0.2, -0.15) is 5.10 Å². The van der Waals surface area contributed by atoms with E-state index >= 15 is 0 Å². The number of nitrogens with one attached hydrogen (secondary N) is 1. The van der Waals surface area contributed by atoms with Crippen molar-refractivity contribution in [3.63, 3.8) is 0 Å². The van der Waals surface area contributed by atoms with Gasteiger partial charge in [-0.05, 0) is 23.8 Å². The van der Waals surface area contributed by atoms with Gasteiger partial charge in [-0.15, -0.1) is 0 Å². The van der Waals surface area contributed by atoms with E-state index in [0.717, 1.165) is 16.8 Å². The fraction of sp³-hybridized carbons (Fsp3) is 0. The standard InChI is InChI=1S/C12H10ClN3/c1-9-10(12-4-2-3-6-14-12)8-16-15-7-5-11(9)13/h2-8,16H,1H2/b10-8?,11-5+,15-7-. The first-order chi connectivity index (χ1) is 7.79. The average molecular weight is 232 g/mol. The van der Waals surface area contributed by atoms with E-state index in [9.17, 15) is 0 Å². The predicted octanol–water partition coefficient (Wildman–Crippen LogP) is 2.69. The maximum Gasteiger partial charge on any atom is 0.0723 e. The molecule has 3 nitrogen and oxygen atoms in total. The Balaban J connectivity index is 2.44. The Kier molecular flexibility index (Phi) is 3.17. The van der Waals surface area contributed by atoms with Crippen LogP contribution in [0.2, 0.25) is 0 Å². The molecular formula is C12H10ClN3. The van der Waals surface area contributed by atoms with E-state index in [1.165, 1.54) is 0 Å². The van der Waals surface area contributed by atoms with E-state index in [2.05, 4.69) is 22.1 Å². The van der Waals surface area contributed by atoms with Gasteiger partial charge in [0.05, 0.1) is 5.69 Å². The second kappa shape index (κ2) is 4.77. The third-order valence-electron chi connectivity index (χ3n) is 2.13. The van der Waals surface area contributed by atoms with Crippen molar-refractivity contribution in [1.82, 2.24) is 10.4 Å². The van der Waals surface area contributed by atoms with Gasteiger partial charge in [-0.3, -0.25) is 10.4 Å². The van der Waals surface area contributed by atoms with Crippen LogP contribution in [-0.4, -0.2) is 11.2 Å². The highest BCUT2D eigenvalue weighted by molar-refractivity contribution is 6.34. The van der Waals surface area contributed by atoms with E-state index in [1.807, 2.05) is 18.2 Å².